The van der Waals surface area contributed by atoms with E-state index in [9.17, 15) is 0 Å². The first kappa shape index (κ1) is 15.8. The number of aliphatic hydroxyl groups excluding tert-OH is 1. The molecule has 0 atom stereocenters. The van der Waals surface area contributed by atoms with Crippen LogP contribution < -0.4 is 0 Å². The van der Waals surface area contributed by atoms with E-state index >= 15 is 0 Å². The van der Waals surface area contributed by atoms with Crippen molar-refractivity contribution in [3.05, 3.63) is 0 Å². The molecule has 0 saturated heterocycles. The fraction of sp³-hybridized carbons (Fsp3) is 1.00. The fourth-order valence-corrected chi connectivity index (χ4v) is 0.158. The van der Waals surface area contributed by atoms with E-state index in [4.69, 9.17) is 5.11 Å². The Morgan fingerprint density at radius 1 is 1.43 bits per heavy atom. The number of aliphatic hydroxyl groups is 1. The van der Waals surface area contributed by atoms with Crippen molar-refractivity contribution in [2.45, 2.75) is 19.8 Å². The molecule has 0 aliphatic carbocycles. The second-order valence-corrected chi connectivity index (χ2v) is 1.08. The molecule has 3 heteroatoms. The van der Waals surface area contributed by atoms with Crippen LogP contribution in [-0.4, -0.2) is 66.1 Å². The third-order valence-corrected chi connectivity index (χ3v) is 0.512. The molecule has 0 spiro atoms. The Bertz CT molecular complexity index is 17.2. The second-order valence-electron chi connectivity index (χ2n) is 1.08. The van der Waals surface area contributed by atoms with Gasteiger partial charge in [-0.3, -0.25) is 0 Å². The summed E-state index contributed by atoms with van der Waals surface area (Å²) < 4.78 is 0. The van der Waals surface area contributed by atoms with Gasteiger partial charge >= 0.3 is 48.9 Å². The monoisotopic (exact) mass is 232 g/mol. The Balaban J connectivity index is -0.0000000800. The first-order valence-electron chi connectivity index (χ1n) is 2.02. The molecule has 0 aromatic carbocycles. The van der Waals surface area contributed by atoms with Crippen LogP contribution in [0.15, 0.2) is 0 Å². The van der Waals surface area contributed by atoms with Crippen molar-refractivity contribution in [3.8, 4) is 0 Å². The maximum absolute atomic E-state index is 8.07. The Morgan fingerprint density at radius 3 is 1.86 bits per heavy atom. The molecule has 3 N–H and O–H groups in total. The molecule has 0 aliphatic rings. The topological polar surface area (TPSA) is 51.7 Å². The summed E-state index contributed by atoms with van der Waals surface area (Å²) in [5.41, 5.74) is 0. The summed E-state index contributed by atoms with van der Waals surface area (Å²) >= 11 is 0. The van der Waals surface area contributed by atoms with Crippen LogP contribution >= 0.6 is 0 Å². The van der Waals surface area contributed by atoms with Crippen molar-refractivity contribution in [2.24, 2.45) is 0 Å². The van der Waals surface area contributed by atoms with Gasteiger partial charge in [-0.25, -0.2) is 0 Å². The predicted octanol–water partition coefficient (Wildman–Crippen LogP) is -0.962. The average Bonchev–Trinajstić information content (AvgIpc) is 1.41. The minimum absolute atomic E-state index is 0. The minimum atomic E-state index is 0. The van der Waals surface area contributed by atoms with Crippen molar-refractivity contribution < 1.29 is 10.6 Å². The Kier molecular flexibility index (Phi) is 35.3. The summed E-state index contributed by atoms with van der Waals surface area (Å²) in [5.74, 6) is 0. The van der Waals surface area contributed by atoms with Crippen LogP contribution in [0.25, 0.3) is 0 Å². The summed E-state index contributed by atoms with van der Waals surface area (Å²) in [7, 11) is 0. The van der Waals surface area contributed by atoms with E-state index in [-0.39, 0.29) is 54.4 Å². The average molecular weight is 231 g/mol. The fourth-order valence-electron chi connectivity index (χ4n) is 0.158. The molecule has 44 valence electrons. The molecular weight excluding hydrogens is 217 g/mol. The van der Waals surface area contributed by atoms with Crippen molar-refractivity contribution in [2.75, 3.05) is 6.61 Å². The van der Waals surface area contributed by atoms with Gasteiger partial charge in [-0.05, 0) is 6.42 Å². The molecule has 0 radical (unpaired) electrons. The number of hydrogen-bond acceptors (Lipinski definition) is 1. The van der Waals surface area contributed by atoms with Gasteiger partial charge in [-0.1, -0.05) is 13.3 Å². The van der Waals surface area contributed by atoms with E-state index in [1.807, 2.05) is 0 Å². The summed E-state index contributed by atoms with van der Waals surface area (Å²) in [6.45, 7) is 2.40. The van der Waals surface area contributed by atoms with Gasteiger partial charge in [0.05, 0.1) is 0 Å². The number of rotatable bonds is 2. The van der Waals surface area contributed by atoms with Crippen molar-refractivity contribution in [1.29, 1.82) is 0 Å². The molecule has 0 amide bonds. The van der Waals surface area contributed by atoms with Gasteiger partial charge in [-0.2, -0.15) is 0 Å². The van der Waals surface area contributed by atoms with E-state index in [0.29, 0.717) is 6.61 Å². The van der Waals surface area contributed by atoms with Gasteiger partial charge < -0.3 is 10.6 Å². The molecule has 0 bridgehead atoms. The standard InChI is InChI=1S/C4H10O.Ba.H2O.2H/c1-2-3-4-5;;;;/h5H,2-4H2,1H3;;1H2;;. The molecule has 0 fully saturated rings. The quantitative estimate of drug-likeness (QED) is 0.612. The Hall–Kier alpha value is 1.49. The van der Waals surface area contributed by atoms with Gasteiger partial charge in [0.25, 0.3) is 0 Å². The first-order valence-corrected chi connectivity index (χ1v) is 2.02. The van der Waals surface area contributed by atoms with Gasteiger partial charge in [0.2, 0.25) is 0 Å². The maximum atomic E-state index is 8.07. The number of hydrogen-bond donors (Lipinski definition) is 1. The second kappa shape index (κ2) is 15.6. The SMILES string of the molecule is CCCCO.O.[BaH2]. The van der Waals surface area contributed by atoms with Crippen LogP contribution in [-0.2, 0) is 0 Å². The zero-order valence-corrected chi connectivity index (χ0v) is 4.07. The van der Waals surface area contributed by atoms with Gasteiger partial charge in [-0.15, -0.1) is 0 Å². The van der Waals surface area contributed by atoms with Crippen LogP contribution in [0.1, 0.15) is 19.8 Å². The molecule has 0 saturated carbocycles. The van der Waals surface area contributed by atoms with E-state index in [0.717, 1.165) is 12.8 Å². The van der Waals surface area contributed by atoms with Gasteiger partial charge in [0.1, 0.15) is 0 Å². The van der Waals surface area contributed by atoms with Crippen LogP contribution in [0.2, 0.25) is 0 Å². The molecule has 0 aromatic rings. The van der Waals surface area contributed by atoms with Gasteiger partial charge in [0.15, 0.2) is 0 Å². The zero-order valence-electron chi connectivity index (χ0n) is 4.07. The molecule has 0 heterocycles. The first-order chi connectivity index (χ1) is 2.41. The summed E-state index contributed by atoms with van der Waals surface area (Å²) in [4.78, 5) is 0. The third kappa shape index (κ3) is 18.5. The van der Waals surface area contributed by atoms with E-state index in [2.05, 4.69) is 6.92 Å². The van der Waals surface area contributed by atoms with Crippen LogP contribution in [0.5, 0.6) is 0 Å². The Morgan fingerprint density at radius 2 is 1.86 bits per heavy atom. The molecule has 7 heavy (non-hydrogen) atoms. The molecule has 0 aliphatic heterocycles. The summed E-state index contributed by atoms with van der Waals surface area (Å²) in [5, 5.41) is 8.07. The molecule has 2 nitrogen and oxygen atoms in total. The zero-order chi connectivity index (χ0) is 4.12. The van der Waals surface area contributed by atoms with Crippen LogP contribution in [0.3, 0.4) is 0 Å². The number of unbranched alkanes of at least 4 members (excludes halogenated alkanes) is 1. The molecule has 0 rings (SSSR count). The normalized spacial score (nSPS) is 6.00. The molecular formula is C4H14BaO2. The Labute approximate surface area is 84.7 Å². The van der Waals surface area contributed by atoms with E-state index in [1.54, 1.807) is 0 Å². The van der Waals surface area contributed by atoms with Crippen LogP contribution in [0.4, 0.5) is 0 Å². The summed E-state index contributed by atoms with van der Waals surface area (Å²) in [6.07, 6.45) is 2.04. The predicted molar refractivity (Wildman–Crippen MR) is 34.2 cm³/mol. The van der Waals surface area contributed by atoms with E-state index < -0.39 is 0 Å². The molecule has 0 unspecified atom stereocenters. The van der Waals surface area contributed by atoms with E-state index in [1.165, 1.54) is 0 Å². The van der Waals surface area contributed by atoms with Crippen molar-refractivity contribution in [3.63, 3.8) is 0 Å². The van der Waals surface area contributed by atoms with Gasteiger partial charge in [0, 0.05) is 6.61 Å². The third-order valence-electron chi connectivity index (χ3n) is 0.512. The van der Waals surface area contributed by atoms with Crippen molar-refractivity contribution >= 4 is 48.9 Å². The summed E-state index contributed by atoms with van der Waals surface area (Å²) in [6, 6.07) is 0. The molecule has 0 aromatic heterocycles. The van der Waals surface area contributed by atoms with Crippen LogP contribution in [0, 0.1) is 0 Å². The van der Waals surface area contributed by atoms with Crippen molar-refractivity contribution in [1.82, 2.24) is 0 Å².